The molecule has 0 amide bonds. The van der Waals surface area contributed by atoms with Crippen molar-refractivity contribution in [3.05, 3.63) is 68.3 Å². The normalized spacial score (nSPS) is 10.2. The fourth-order valence-corrected chi connectivity index (χ4v) is 1.89. The Hall–Kier alpha value is -2.80. The topological polar surface area (TPSA) is 112 Å². The minimum Gasteiger partial charge on any atom is -0.326 e. The smallest absolute Gasteiger partial charge is 0.284 e. The molecule has 20 heavy (non-hydrogen) atoms. The maximum absolute atomic E-state index is 11.1. The highest BCUT2D eigenvalue weighted by molar-refractivity contribution is 5.75. The molecule has 0 aliphatic carbocycles. The van der Waals surface area contributed by atoms with E-state index in [0.717, 1.165) is 11.6 Å². The van der Waals surface area contributed by atoms with Crippen LogP contribution in [0, 0.1) is 20.2 Å². The maximum atomic E-state index is 11.1. The van der Waals surface area contributed by atoms with Crippen molar-refractivity contribution in [3.63, 3.8) is 0 Å². The molecule has 7 nitrogen and oxygen atoms in total. The molecule has 7 heteroatoms. The van der Waals surface area contributed by atoms with Gasteiger partial charge in [-0.25, -0.2) is 0 Å². The zero-order valence-corrected chi connectivity index (χ0v) is 10.4. The minimum atomic E-state index is -0.660. The van der Waals surface area contributed by atoms with E-state index in [2.05, 4.69) is 0 Å². The molecular formula is C13H11N3O4. The molecule has 2 N–H and O–H groups in total. The fourth-order valence-electron chi connectivity index (χ4n) is 1.89. The molecule has 0 aliphatic heterocycles. The maximum Gasteiger partial charge on any atom is 0.284 e. The van der Waals surface area contributed by atoms with Crippen LogP contribution in [0.3, 0.4) is 0 Å². The van der Waals surface area contributed by atoms with Gasteiger partial charge in [-0.2, -0.15) is 0 Å². The van der Waals surface area contributed by atoms with Crippen LogP contribution in [0.4, 0.5) is 11.4 Å². The number of nitrogens with two attached hydrogens (primary N) is 1. The first-order valence-electron chi connectivity index (χ1n) is 5.75. The van der Waals surface area contributed by atoms with Gasteiger partial charge in [0.15, 0.2) is 0 Å². The van der Waals surface area contributed by atoms with E-state index in [-0.39, 0.29) is 11.4 Å². The molecule has 0 bridgehead atoms. The second kappa shape index (κ2) is 5.45. The van der Waals surface area contributed by atoms with Crippen molar-refractivity contribution >= 4 is 11.4 Å². The highest BCUT2D eigenvalue weighted by Crippen LogP contribution is 2.33. The first-order valence-corrected chi connectivity index (χ1v) is 5.75. The number of rotatable bonds is 4. The van der Waals surface area contributed by atoms with Gasteiger partial charge in [0.1, 0.15) is 0 Å². The van der Waals surface area contributed by atoms with E-state index < -0.39 is 9.85 Å². The van der Waals surface area contributed by atoms with Crippen LogP contribution in [-0.2, 0) is 6.54 Å². The Morgan fingerprint density at radius 3 is 2.35 bits per heavy atom. The van der Waals surface area contributed by atoms with Gasteiger partial charge in [0.25, 0.3) is 11.4 Å². The van der Waals surface area contributed by atoms with Crippen LogP contribution in [-0.4, -0.2) is 9.85 Å². The number of hydrogen-bond donors (Lipinski definition) is 1. The highest BCUT2D eigenvalue weighted by atomic mass is 16.6. The van der Waals surface area contributed by atoms with Crippen molar-refractivity contribution < 1.29 is 9.85 Å². The third kappa shape index (κ3) is 2.62. The minimum absolute atomic E-state index is 0.298. The zero-order valence-electron chi connectivity index (χ0n) is 10.4. The van der Waals surface area contributed by atoms with Gasteiger partial charge in [-0.05, 0) is 23.3 Å². The first kappa shape index (κ1) is 13.6. The molecule has 0 saturated heterocycles. The van der Waals surface area contributed by atoms with E-state index in [0.29, 0.717) is 17.7 Å². The van der Waals surface area contributed by atoms with Crippen molar-refractivity contribution in [2.45, 2.75) is 6.54 Å². The molecule has 2 rings (SSSR count). The molecule has 0 heterocycles. The van der Waals surface area contributed by atoms with E-state index in [1.54, 1.807) is 24.3 Å². The van der Waals surface area contributed by atoms with Crippen LogP contribution in [0.2, 0.25) is 0 Å². The average Bonchev–Trinajstić information content (AvgIpc) is 2.46. The number of nitro groups is 2. The molecule has 0 atom stereocenters. The van der Waals surface area contributed by atoms with Crippen LogP contribution in [0.1, 0.15) is 5.56 Å². The predicted octanol–water partition coefficient (Wildman–Crippen LogP) is 2.63. The van der Waals surface area contributed by atoms with Gasteiger partial charge in [0.2, 0.25) is 0 Å². The third-order valence-corrected chi connectivity index (χ3v) is 2.86. The summed E-state index contributed by atoms with van der Waals surface area (Å²) in [4.78, 5) is 20.5. The van der Waals surface area contributed by atoms with Gasteiger partial charge in [-0.15, -0.1) is 0 Å². The molecule has 0 saturated carbocycles. The van der Waals surface area contributed by atoms with Gasteiger partial charge in [-0.1, -0.05) is 18.2 Å². The second-order valence-corrected chi connectivity index (χ2v) is 4.12. The van der Waals surface area contributed by atoms with Crippen molar-refractivity contribution in [1.82, 2.24) is 0 Å². The van der Waals surface area contributed by atoms with Gasteiger partial charge in [0, 0.05) is 12.6 Å². The Morgan fingerprint density at radius 2 is 1.75 bits per heavy atom. The van der Waals surface area contributed by atoms with E-state index in [1.807, 2.05) is 0 Å². The quantitative estimate of drug-likeness (QED) is 0.679. The van der Waals surface area contributed by atoms with Crippen LogP contribution in [0.15, 0.2) is 42.5 Å². The van der Waals surface area contributed by atoms with Gasteiger partial charge < -0.3 is 5.73 Å². The summed E-state index contributed by atoms with van der Waals surface area (Å²) in [6, 6.07) is 10.6. The highest BCUT2D eigenvalue weighted by Gasteiger charge is 2.20. The first-order chi connectivity index (χ1) is 9.52. The summed E-state index contributed by atoms with van der Waals surface area (Å²) in [5.74, 6) is 0. The third-order valence-electron chi connectivity index (χ3n) is 2.86. The van der Waals surface area contributed by atoms with Gasteiger partial charge >= 0.3 is 0 Å². The van der Waals surface area contributed by atoms with Crippen molar-refractivity contribution in [2.24, 2.45) is 5.73 Å². The Bertz CT molecular complexity index is 685. The predicted molar refractivity (Wildman–Crippen MR) is 73.1 cm³/mol. The fraction of sp³-hybridized carbons (Fsp3) is 0.0769. The number of hydrogen-bond acceptors (Lipinski definition) is 5. The monoisotopic (exact) mass is 273 g/mol. The van der Waals surface area contributed by atoms with E-state index in [1.165, 1.54) is 12.1 Å². The molecule has 0 fully saturated rings. The number of non-ortho nitro benzene ring substituents is 1. The number of nitrogens with zero attached hydrogens (tertiary/aromatic N) is 2. The number of nitro benzene ring substituents is 2. The lowest BCUT2D eigenvalue weighted by Gasteiger charge is -2.05. The summed E-state index contributed by atoms with van der Waals surface area (Å²) >= 11 is 0. The number of benzene rings is 2. The Kier molecular flexibility index (Phi) is 3.72. The SMILES string of the molecule is NCc1cccc(-c2ccc([N+](=O)[O-])cc2[N+](=O)[O-])c1. The molecule has 2 aromatic carbocycles. The summed E-state index contributed by atoms with van der Waals surface area (Å²) in [5.41, 5.74) is 6.69. The van der Waals surface area contributed by atoms with Crippen LogP contribution in [0.25, 0.3) is 11.1 Å². The molecule has 0 radical (unpaired) electrons. The van der Waals surface area contributed by atoms with Gasteiger partial charge in [0.05, 0.1) is 21.5 Å². The average molecular weight is 273 g/mol. The Labute approximate surface area is 113 Å². The summed E-state index contributed by atoms with van der Waals surface area (Å²) in [6.07, 6.45) is 0. The Morgan fingerprint density at radius 1 is 1.00 bits per heavy atom. The summed E-state index contributed by atoms with van der Waals surface area (Å²) < 4.78 is 0. The van der Waals surface area contributed by atoms with E-state index >= 15 is 0 Å². The van der Waals surface area contributed by atoms with Crippen molar-refractivity contribution in [2.75, 3.05) is 0 Å². The van der Waals surface area contributed by atoms with E-state index in [4.69, 9.17) is 5.73 Å². The largest absolute Gasteiger partial charge is 0.326 e. The van der Waals surface area contributed by atoms with Crippen molar-refractivity contribution in [1.29, 1.82) is 0 Å². The second-order valence-electron chi connectivity index (χ2n) is 4.12. The summed E-state index contributed by atoms with van der Waals surface area (Å²) in [6.45, 7) is 0.314. The molecule has 0 unspecified atom stereocenters. The van der Waals surface area contributed by atoms with E-state index in [9.17, 15) is 20.2 Å². The zero-order chi connectivity index (χ0) is 14.7. The lowest BCUT2D eigenvalue weighted by atomic mass is 10.0. The summed E-state index contributed by atoms with van der Waals surface area (Å²) in [5, 5.41) is 21.8. The van der Waals surface area contributed by atoms with Crippen LogP contribution in [0.5, 0.6) is 0 Å². The molecule has 0 aliphatic rings. The molecule has 102 valence electrons. The lowest BCUT2D eigenvalue weighted by molar-refractivity contribution is -0.393. The van der Waals surface area contributed by atoms with Gasteiger partial charge in [-0.3, -0.25) is 20.2 Å². The lowest BCUT2D eigenvalue weighted by Crippen LogP contribution is -1.98. The molecular weight excluding hydrogens is 262 g/mol. The summed E-state index contributed by atoms with van der Waals surface area (Å²) in [7, 11) is 0. The standard InChI is InChI=1S/C13H11N3O4/c14-8-9-2-1-3-10(6-9)12-5-4-11(15(17)18)7-13(12)16(19)20/h1-7H,8,14H2. The van der Waals surface area contributed by atoms with Crippen molar-refractivity contribution in [3.8, 4) is 11.1 Å². The molecule has 0 aromatic heterocycles. The molecule has 0 spiro atoms. The Balaban J connectivity index is 2.60. The molecule has 2 aromatic rings. The van der Waals surface area contributed by atoms with Crippen LogP contribution < -0.4 is 5.73 Å². The van der Waals surface area contributed by atoms with Crippen LogP contribution >= 0.6 is 0 Å².